The van der Waals surface area contributed by atoms with Gasteiger partial charge in [0, 0.05) is 6.42 Å². The lowest BCUT2D eigenvalue weighted by Gasteiger charge is -2.48. The van der Waals surface area contributed by atoms with Gasteiger partial charge in [-0.3, -0.25) is 4.79 Å². The van der Waals surface area contributed by atoms with Crippen molar-refractivity contribution in [3.8, 4) is 0 Å². The van der Waals surface area contributed by atoms with Gasteiger partial charge < -0.3 is 89.9 Å². The molecule has 3 fully saturated rings. The molecule has 3 heterocycles. The van der Waals surface area contributed by atoms with Crippen LogP contribution in [0.15, 0.2) is 97.2 Å². The van der Waals surface area contributed by atoms with E-state index in [2.05, 4.69) is 104 Å². The number of aliphatic hydroxyl groups is 11. The third-order valence-electron chi connectivity index (χ3n) is 19.6. The van der Waals surface area contributed by atoms with Crippen molar-refractivity contribution in [2.75, 3.05) is 26.4 Å². The minimum atomic E-state index is -1.99. The highest BCUT2D eigenvalue weighted by Gasteiger charge is 2.54. The molecule has 102 heavy (non-hydrogen) atoms. The summed E-state index contributed by atoms with van der Waals surface area (Å²) in [5.41, 5.74) is 0. The van der Waals surface area contributed by atoms with Crippen LogP contribution in [-0.4, -0.2) is 193 Å². The number of carbonyl (C=O) groups is 1. The fourth-order valence-electron chi connectivity index (χ4n) is 13.2. The Balaban J connectivity index is 1.39. The van der Waals surface area contributed by atoms with Crippen molar-refractivity contribution < 1.29 is 89.4 Å². The molecule has 1 amide bonds. The van der Waals surface area contributed by atoms with Gasteiger partial charge in [0.1, 0.15) is 73.2 Å². The van der Waals surface area contributed by atoms with Crippen LogP contribution in [0.3, 0.4) is 0 Å². The molecular formula is C83H145NO18. The van der Waals surface area contributed by atoms with Crippen LogP contribution in [0, 0.1) is 0 Å². The summed E-state index contributed by atoms with van der Waals surface area (Å²) in [5.74, 6) is -0.291. The van der Waals surface area contributed by atoms with E-state index in [1.54, 1.807) is 6.08 Å². The minimum Gasteiger partial charge on any atom is -0.394 e. The Morgan fingerprint density at radius 2 is 0.686 bits per heavy atom. The number of carbonyl (C=O) groups excluding carboxylic acids is 1. The number of aliphatic hydroxyl groups excluding tert-OH is 11. The average molecular weight is 1450 g/mol. The molecule has 0 aliphatic carbocycles. The van der Waals surface area contributed by atoms with E-state index < -0.39 is 124 Å². The molecule has 17 atom stereocenters. The predicted molar refractivity (Wildman–Crippen MR) is 406 cm³/mol. The fourth-order valence-corrected chi connectivity index (χ4v) is 13.2. The van der Waals surface area contributed by atoms with Gasteiger partial charge in [-0.25, -0.2) is 0 Å². The van der Waals surface area contributed by atoms with Crippen molar-refractivity contribution in [3.05, 3.63) is 97.2 Å². The standard InChI is InChI=1S/C83H145NO18/c1-3-5-7-9-11-13-15-17-19-21-23-25-27-29-31-33-35-37-39-41-43-45-47-49-51-53-55-57-59-61-71(89)84-66(67(88)60-58-56-54-52-50-48-46-44-42-40-38-36-34-32-30-28-26-24-22-20-18-16-14-12-10-8-6-4-2)65-97-81-77(95)74(92)79(69(63-86)99-81)102-83-78(96)75(93)80(70(64-87)100-83)101-82-76(94)73(91)72(90)68(62-85)98-82/h5,7,11,13,17,19,23,25,29,31,35,37,50,52,58,60,66-70,72-83,85-88,90-96H,3-4,6,8-10,12,14-16,18,20-22,24,26-28,30,32-34,36,38-49,51,53-57,59,61-65H2,1-2H3,(H,84,89)/b7-5-,13-11-,19-17-,25-23-,31-29-,37-35-,52-50+,60-58+. The van der Waals surface area contributed by atoms with Gasteiger partial charge in [0.2, 0.25) is 5.91 Å². The maximum absolute atomic E-state index is 13.5. The largest absolute Gasteiger partial charge is 0.394 e. The van der Waals surface area contributed by atoms with Crippen molar-refractivity contribution in [3.63, 3.8) is 0 Å². The van der Waals surface area contributed by atoms with Crippen LogP contribution in [0.2, 0.25) is 0 Å². The first-order chi connectivity index (χ1) is 49.8. The zero-order chi connectivity index (χ0) is 73.9. The van der Waals surface area contributed by atoms with Crippen LogP contribution in [0.4, 0.5) is 0 Å². The number of hydrogen-bond donors (Lipinski definition) is 12. The number of hydrogen-bond acceptors (Lipinski definition) is 18. The third kappa shape index (κ3) is 42.3. The number of nitrogens with one attached hydrogen (secondary N) is 1. The van der Waals surface area contributed by atoms with Crippen LogP contribution in [0.1, 0.15) is 290 Å². The van der Waals surface area contributed by atoms with Crippen molar-refractivity contribution in [1.82, 2.24) is 5.32 Å². The Hall–Kier alpha value is -3.29. The van der Waals surface area contributed by atoms with Crippen LogP contribution in [0.25, 0.3) is 0 Å². The highest BCUT2D eigenvalue weighted by molar-refractivity contribution is 5.76. The number of unbranched alkanes of at least 4 members (excludes halogenated alkanes) is 33. The molecule has 0 aromatic heterocycles. The van der Waals surface area contributed by atoms with Crippen molar-refractivity contribution in [2.45, 2.75) is 394 Å². The molecule has 0 saturated carbocycles. The summed E-state index contributed by atoms with van der Waals surface area (Å²) in [6.07, 6.45) is 58.2. The lowest BCUT2D eigenvalue weighted by atomic mass is 9.96. The Bertz CT molecular complexity index is 2220. The van der Waals surface area contributed by atoms with E-state index in [1.807, 2.05) is 6.08 Å². The zero-order valence-electron chi connectivity index (χ0n) is 63.1. The monoisotopic (exact) mass is 1440 g/mol. The average Bonchev–Trinajstić information content (AvgIpc) is 0.766. The fraction of sp³-hybridized carbons (Fsp3) is 0.795. The second-order valence-electron chi connectivity index (χ2n) is 28.5. The third-order valence-corrected chi connectivity index (χ3v) is 19.6. The topological polar surface area (TPSA) is 307 Å². The van der Waals surface area contributed by atoms with E-state index in [0.717, 1.165) is 89.9 Å². The molecule has 12 N–H and O–H groups in total. The molecule has 19 nitrogen and oxygen atoms in total. The SMILES string of the molecule is CC/C=C\C/C=C\C/C=C\C/C=C\C/C=C\C/C=C\CCCCCCCCCCCCC(=O)NC(COC1OC(CO)C(OC2OC(CO)C(OC3OC(CO)C(O)C(O)C3O)C(O)C2O)C(O)C1O)C(O)/C=C/CC/C=C/CCCCCCCCCCCCCCCCCCCCCCCC. The van der Waals surface area contributed by atoms with E-state index in [4.69, 9.17) is 28.4 Å². The molecule has 0 aromatic rings. The van der Waals surface area contributed by atoms with Gasteiger partial charge in [-0.1, -0.05) is 297 Å². The summed E-state index contributed by atoms with van der Waals surface area (Å²) >= 11 is 0. The van der Waals surface area contributed by atoms with E-state index in [0.29, 0.717) is 12.8 Å². The highest BCUT2D eigenvalue weighted by Crippen LogP contribution is 2.33. The summed E-state index contributed by atoms with van der Waals surface area (Å²) in [5, 5.41) is 121. The molecule has 3 rings (SSSR count). The summed E-state index contributed by atoms with van der Waals surface area (Å²) < 4.78 is 34.4. The summed E-state index contributed by atoms with van der Waals surface area (Å²) in [7, 11) is 0. The van der Waals surface area contributed by atoms with Crippen LogP contribution >= 0.6 is 0 Å². The number of amides is 1. The maximum Gasteiger partial charge on any atom is 0.220 e. The molecule has 3 saturated heterocycles. The number of rotatable bonds is 63. The van der Waals surface area contributed by atoms with Gasteiger partial charge in [0.15, 0.2) is 18.9 Å². The van der Waals surface area contributed by atoms with Crippen LogP contribution in [0.5, 0.6) is 0 Å². The van der Waals surface area contributed by atoms with E-state index >= 15 is 0 Å². The molecule has 590 valence electrons. The lowest BCUT2D eigenvalue weighted by molar-refractivity contribution is -0.379. The number of ether oxygens (including phenoxy) is 6. The minimum absolute atomic E-state index is 0.225. The van der Waals surface area contributed by atoms with Gasteiger partial charge in [0.25, 0.3) is 0 Å². The maximum atomic E-state index is 13.5. The highest BCUT2D eigenvalue weighted by atomic mass is 16.8. The molecule has 0 spiro atoms. The molecule has 0 radical (unpaired) electrons. The van der Waals surface area contributed by atoms with Crippen molar-refractivity contribution in [1.29, 1.82) is 0 Å². The smallest absolute Gasteiger partial charge is 0.220 e. The summed E-state index contributed by atoms with van der Waals surface area (Å²) in [6.45, 7) is 1.62. The summed E-state index contributed by atoms with van der Waals surface area (Å²) in [6, 6.07) is -1.00. The van der Waals surface area contributed by atoms with Gasteiger partial charge in [-0.15, -0.1) is 0 Å². The van der Waals surface area contributed by atoms with Gasteiger partial charge in [-0.2, -0.15) is 0 Å². The normalized spacial score (nSPS) is 26.7. The first-order valence-corrected chi connectivity index (χ1v) is 40.5. The second-order valence-corrected chi connectivity index (χ2v) is 28.5. The Morgan fingerprint density at radius 1 is 0.363 bits per heavy atom. The van der Waals surface area contributed by atoms with E-state index in [-0.39, 0.29) is 18.9 Å². The quantitative estimate of drug-likeness (QED) is 0.0199. The second kappa shape index (κ2) is 62.7. The van der Waals surface area contributed by atoms with E-state index in [9.17, 15) is 61.0 Å². The van der Waals surface area contributed by atoms with E-state index in [1.165, 1.54) is 167 Å². The van der Waals surface area contributed by atoms with Gasteiger partial charge >= 0.3 is 0 Å². The zero-order valence-corrected chi connectivity index (χ0v) is 63.1. The molecule has 19 heteroatoms. The Morgan fingerprint density at radius 3 is 1.10 bits per heavy atom. The Kier molecular flexibility index (Phi) is 57.1. The summed E-state index contributed by atoms with van der Waals surface area (Å²) in [4.78, 5) is 13.5. The van der Waals surface area contributed by atoms with Crippen LogP contribution < -0.4 is 5.32 Å². The lowest BCUT2D eigenvalue weighted by Crippen LogP contribution is -2.66. The van der Waals surface area contributed by atoms with Crippen molar-refractivity contribution >= 4 is 5.91 Å². The molecule has 17 unspecified atom stereocenters. The van der Waals surface area contributed by atoms with Gasteiger partial charge in [-0.05, 0) is 83.5 Å². The molecular weight excluding hydrogens is 1300 g/mol. The molecule has 0 bridgehead atoms. The Labute approximate surface area is 615 Å². The molecule has 3 aliphatic heterocycles. The predicted octanol–water partition coefficient (Wildman–Crippen LogP) is 13.6. The first-order valence-electron chi connectivity index (χ1n) is 40.5. The molecule has 3 aliphatic rings. The molecule has 0 aromatic carbocycles. The van der Waals surface area contributed by atoms with Gasteiger partial charge in [0.05, 0.1) is 38.6 Å². The van der Waals surface area contributed by atoms with Crippen LogP contribution in [-0.2, 0) is 33.2 Å². The van der Waals surface area contributed by atoms with Crippen molar-refractivity contribution in [2.24, 2.45) is 0 Å². The number of allylic oxidation sites excluding steroid dienone is 15. The first kappa shape index (κ1) is 92.9.